The summed E-state index contributed by atoms with van der Waals surface area (Å²) in [5.41, 5.74) is 5.62. The lowest BCUT2D eigenvalue weighted by molar-refractivity contribution is -0.114. The maximum atomic E-state index is 12.2. The first-order chi connectivity index (χ1) is 10.6. The molecule has 2 aromatic rings. The zero-order valence-corrected chi connectivity index (χ0v) is 12.6. The number of aryl methyl sites for hydroxylation is 2. The number of ketones is 2. The molecule has 0 saturated carbocycles. The second kappa shape index (κ2) is 4.51. The van der Waals surface area contributed by atoms with Gasteiger partial charge >= 0.3 is 0 Å². The van der Waals surface area contributed by atoms with Crippen LogP contribution in [0.5, 0.6) is 0 Å². The Hall–Kier alpha value is -2.48. The highest BCUT2D eigenvalue weighted by molar-refractivity contribution is 6.18. The highest BCUT2D eigenvalue weighted by Crippen LogP contribution is 2.44. The van der Waals surface area contributed by atoms with E-state index in [-0.39, 0.29) is 17.5 Å². The third kappa shape index (κ3) is 1.73. The van der Waals surface area contributed by atoms with Crippen LogP contribution >= 0.6 is 0 Å². The molecule has 22 heavy (non-hydrogen) atoms. The first-order valence-electron chi connectivity index (χ1n) is 7.56. The Morgan fingerprint density at radius 2 is 1.64 bits per heavy atom. The molecule has 0 saturated heterocycles. The minimum Gasteiger partial charge on any atom is -0.290 e. The molecule has 2 aromatic carbocycles. The Kier molecular flexibility index (Phi) is 2.70. The summed E-state index contributed by atoms with van der Waals surface area (Å²) in [6.07, 6.45) is 5.06. The number of hydrogen-bond acceptors (Lipinski definition) is 2. The van der Waals surface area contributed by atoms with Gasteiger partial charge in [-0.15, -0.1) is 0 Å². The van der Waals surface area contributed by atoms with Crippen molar-refractivity contribution in [2.45, 2.75) is 26.2 Å². The van der Waals surface area contributed by atoms with Crippen molar-refractivity contribution in [2.24, 2.45) is 0 Å². The van der Waals surface area contributed by atoms with Crippen molar-refractivity contribution in [3.8, 4) is 0 Å². The van der Waals surface area contributed by atoms with E-state index in [9.17, 15) is 9.59 Å². The van der Waals surface area contributed by atoms with Crippen molar-refractivity contribution in [3.05, 3.63) is 70.3 Å². The van der Waals surface area contributed by atoms with Crippen LogP contribution < -0.4 is 0 Å². The summed E-state index contributed by atoms with van der Waals surface area (Å²) >= 11 is 0. The second-order valence-electron chi connectivity index (χ2n) is 6.22. The lowest BCUT2D eigenvalue weighted by Gasteiger charge is -2.16. The number of benzene rings is 2. The Morgan fingerprint density at radius 3 is 2.41 bits per heavy atom. The van der Waals surface area contributed by atoms with Crippen molar-refractivity contribution in [2.75, 3.05) is 0 Å². The fourth-order valence-electron chi connectivity index (χ4n) is 3.84. The Bertz CT molecular complexity index is 905. The second-order valence-corrected chi connectivity index (χ2v) is 6.22. The van der Waals surface area contributed by atoms with Gasteiger partial charge in [0.2, 0.25) is 0 Å². The fourth-order valence-corrected chi connectivity index (χ4v) is 3.84. The molecule has 2 heteroatoms. The van der Waals surface area contributed by atoms with Crippen LogP contribution in [0.2, 0.25) is 0 Å². The van der Waals surface area contributed by atoms with E-state index in [4.69, 9.17) is 0 Å². The van der Waals surface area contributed by atoms with E-state index in [2.05, 4.69) is 38.1 Å². The molecule has 2 aliphatic rings. The summed E-state index contributed by atoms with van der Waals surface area (Å²) in [5, 5.41) is 2.57. The molecule has 0 spiro atoms. The summed E-state index contributed by atoms with van der Waals surface area (Å²) in [5.74, 6) is -0.130. The van der Waals surface area contributed by atoms with E-state index in [0.717, 1.165) is 6.42 Å². The standard InChI is InChI=1S/C20H16O2/c1-11-3-5-13-9-16(17-10-14(21)6-8-18(17)22)15-7-4-12(2)19(11)20(13)15/h3-8,10,16H,9H2,1-2H3. The Morgan fingerprint density at radius 1 is 0.909 bits per heavy atom. The average Bonchev–Trinajstić information content (AvgIpc) is 2.86. The van der Waals surface area contributed by atoms with Crippen molar-refractivity contribution in [1.29, 1.82) is 0 Å². The van der Waals surface area contributed by atoms with Crippen molar-refractivity contribution in [1.82, 2.24) is 0 Å². The SMILES string of the molecule is Cc1ccc2c3c(ccc(C)c13)C(C1=CC(=O)C=CC1=O)C2. The van der Waals surface area contributed by atoms with Gasteiger partial charge in [-0.2, -0.15) is 0 Å². The molecule has 0 heterocycles. The smallest absolute Gasteiger partial charge is 0.182 e. The predicted molar refractivity (Wildman–Crippen MR) is 87.1 cm³/mol. The lowest BCUT2D eigenvalue weighted by Crippen LogP contribution is -2.14. The molecule has 2 nitrogen and oxygen atoms in total. The lowest BCUT2D eigenvalue weighted by atomic mass is 9.86. The monoisotopic (exact) mass is 288 g/mol. The van der Waals surface area contributed by atoms with Gasteiger partial charge in [-0.25, -0.2) is 0 Å². The molecule has 0 fully saturated rings. The molecular weight excluding hydrogens is 272 g/mol. The minimum atomic E-state index is -0.0925. The average molecular weight is 288 g/mol. The van der Waals surface area contributed by atoms with Crippen LogP contribution in [0.15, 0.2) is 48.1 Å². The van der Waals surface area contributed by atoms with Gasteiger partial charge in [-0.3, -0.25) is 9.59 Å². The van der Waals surface area contributed by atoms with Crippen molar-refractivity contribution >= 4 is 22.3 Å². The third-order valence-electron chi connectivity index (χ3n) is 4.85. The van der Waals surface area contributed by atoms with Gasteiger partial charge in [-0.1, -0.05) is 24.3 Å². The van der Waals surface area contributed by atoms with Crippen LogP contribution in [0.3, 0.4) is 0 Å². The first-order valence-corrected chi connectivity index (χ1v) is 7.56. The van der Waals surface area contributed by atoms with Gasteiger partial charge in [-0.05, 0) is 71.5 Å². The highest BCUT2D eigenvalue weighted by Gasteiger charge is 2.31. The molecule has 0 aromatic heterocycles. The molecule has 108 valence electrons. The zero-order chi connectivity index (χ0) is 15.4. The topological polar surface area (TPSA) is 34.1 Å². The van der Waals surface area contributed by atoms with Crippen LogP contribution in [-0.2, 0) is 16.0 Å². The molecule has 0 N–H and O–H groups in total. The largest absolute Gasteiger partial charge is 0.290 e. The molecule has 0 bridgehead atoms. The molecule has 2 aliphatic carbocycles. The third-order valence-corrected chi connectivity index (χ3v) is 4.85. The predicted octanol–water partition coefficient (Wildman–Crippen LogP) is 3.73. The van der Waals surface area contributed by atoms with Gasteiger partial charge in [0.1, 0.15) is 0 Å². The van der Waals surface area contributed by atoms with E-state index in [0.29, 0.717) is 5.57 Å². The van der Waals surface area contributed by atoms with E-state index in [1.54, 1.807) is 0 Å². The molecular formula is C20H16O2. The molecule has 0 aliphatic heterocycles. The minimum absolute atomic E-state index is 0.00120. The Labute approximate surface area is 129 Å². The summed E-state index contributed by atoms with van der Waals surface area (Å²) in [6, 6.07) is 8.55. The van der Waals surface area contributed by atoms with E-state index in [1.165, 1.54) is 51.3 Å². The quantitative estimate of drug-likeness (QED) is 0.749. The van der Waals surface area contributed by atoms with Gasteiger partial charge in [0.15, 0.2) is 11.6 Å². The van der Waals surface area contributed by atoms with E-state index in [1.807, 2.05) is 0 Å². The number of hydrogen-bond donors (Lipinski definition) is 0. The van der Waals surface area contributed by atoms with Crippen LogP contribution in [-0.4, -0.2) is 11.6 Å². The molecule has 1 atom stereocenters. The maximum absolute atomic E-state index is 12.2. The first kappa shape index (κ1) is 13.2. The number of carbonyl (C=O) groups is 2. The van der Waals surface area contributed by atoms with E-state index >= 15 is 0 Å². The highest BCUT2D eigenvalue weighted by atomic mass is 16.1. The number of allylic oxidation sites excluding steroid dienone is 4. The van der Waals surface area contributed by atoms with Crippen LogP contribution in [0, 0.1) is 13.8 Å². The maximum Gasteiger partial charge on any atom is 0.182 e. The normalized spacial score (nSPS) is 19.9. The Balaban J connectivity index is 1.96. The summed E-state index contributed by atoms with van der Waals surface area (Å²) in [4.78, 5) is 23.9. The number of carbonyl (C=O) groups excluding carboxylic acids is 2. The molecule has 4 rings (SSSR count). The molecule has 1 unspecified atom stereocenters. The summed E-state index contributed by atoms with van der Waals surface area (Å²) in [7, 11) is 0. The zero-order valence-electron chi connectivity index (χ0n) is 12.6. The van der Waals surface area contributed by atoms with Crippen LogP contribution in [0.1, 0.15) is 28.2 Å². The summed E-state index contributed by atoms with van der Waals surface area (Å²) in [6.45, 7) is 4.25. The van der Waals surface area contributed by atoms with E-state index < -0.39 is 0 Å². The van der Waals surface area contributed by atoms with Crippen LogP contribution in [0.25, 0.3) is 10.8 Å². The van der Waals surface area contributed by atoms with Crippen molar-refractivity contribution in [3.63, 3.8) is 0 Å². The van der Waals surface area contributed by atoms with Gasteiger partial charge in [0, 0.05) is 11.5 Å². The van der Waals surface area contributed by atoms with Gasteiger partial charge < -0.3 is 0 Å². The molecule has 0 radical (unpaired) electrons. The van der Waals surface area contributed by atoms with Gasteiger partial charge in [0.25, 0.3) is 0 Å². The van der Waals surface area contributed by atoms with Crippen LogP contribution in [0.4, 0.5) is 0 Å². The van der Waals surface area contributed by atoms with Crippen molar-refractivity contribution < 1.29 is 9.59 Å². The molecule has 0 amide bonds. The number of rotatable bonds is 1. The van der Waals surface area contributed by atoms with Gasteiger partial charge in [0.05, 0.1) is 0 Å². The summed E-state index contributed by atoms with van der Waals surface area (Å²) < 4.78 is 0. The fraction of sp³-hybridized carbons (Fsp3) is 0.200.